The first-order chi connectivity index (χ1) is 13.8. The third-order valence-electron chi connectivity index (χ3n) is 4.75. The number of nitrogens with zero attached hydrogens (tertiary/aromatic N) is 3. The maximum absolute atomic E-state index is 5.86. The molecule has 0 fully saturated rings. The molecule has 28 heavy (non-hydrogen) atoms. The van der Waals surface area contributed by atoms with Gasteiger partial charge in [0.2, 0.25) is 5.89 Å². The summed E-state index contributed by atoms with van der Waals surface area (Å²) in [5.74, 6) is 1.50. The van der Waals surface area contributed by atoms with Gasteiger partial charge >= 0.3 is 0 Å². The largest absolute Gasteiger partial charge is 0.493 e. The fourth-order valence-electron chi connectivity index (χ4n) is 3.17. The van der Waals surface area contributed by atoms with Gasteiger partial charge in [-0.25, -0.2) is 4.98 Å². The van der Waals surface area contributed by atoms with E-state index in [1.807, 2.05) is 48.8 Å². The molecular weight excluding hydrogens is 352 g/mol. The summed E-state index contributed by atoms with van der Waals surface area (Å²) in [6.45, 7) is 3.62. The highest BCUT2D eigenvalue weighted by molar-refractivity contribution is 5.57. The van der Waals surface area contributed by atoms with Crippen molar-refractivity contribution in [3.05, 3.63) is 72.1 Å². The zero-order valence-electron chi connectivity index (χ0n) is 15.9. The number of oxazole rings is 1. The molecule has 3 aromatic rings. The van der Waals surface area contributed by atoms with Crippen molar-refractivity contribution in [2.75, 3.05) is 13.2 Å². The van der Waals surface area contributed by atoms with E-state index in [1.165, 1.54) is 5.56 Å². The lowest BCUT2D eigenvalue weighted by Gasteiger charge is -2.22. The topological polar surface area (TPSA) is 62.9 Å². The summed E-state index contributed by atoms with van der Waals surface area (Å²) >= 11 is 0. The van der Waals surface area contributed by atoms with Crippen molar-refractivity contribution < 1.29 is 9.15 Å². The Balaban J connectivity index is 1.26. The molecule has 1 aliphatic rings. The molecule has 2 heterocycles. The van der Waals surface area contributed by atoms with E-state index in [0.717, 1.165) is 30.0 Å². The van der Waals surface area contributed by atoms with E-state index in [1.54, 1.807) is 6.26 Å². The maximum Gasteiger partial charge on any atom is 0.226 e. The fraction of sp³-hybridized carbons (Fsp3) is 0.273. The second kappa shape index (κ2) is 8.61. The summed E-state index contributed by atoms with van der Waals surface area (Å²) in [4.78, 5) is 6.71. The van der Waals surface area contributed by atoms with E-state index in [9.17, 15) is 0 Å². The van der Waals surface area contributed by atoms with E-state index in [-0.39, 0.29) is 6.17 Å². The minimum absolute atomic E-state index is 0.225. The molecule has 0 spiro atoms. The SMILES string of the molecule is CCN1C=NNC1Cc1ccc(OCCc2coc(-c3ccccc3)n2)cc1. The van der Waals surface area contributed by atoms with Gasteiger partial charge in [0.05, 0.1) is 12.3 Å². The highest BCUT2D eigenvalue weighted by Crippen LogP contribution is 2.19. The van der Waals surface area contributed by atoms with Gasteiger partial charge in [0.1, 0.15) is 24.5 Å². The second-order valence-corrected chi connectivity index (χ2v) is 6.68. The molecule has 1 aromatic heterocycles. The summed E-state index contributed by atoms with van der Waals surface area (Å²) in [5, 5.41) is 4.13. The van der Waals surface area contributed by atoms with Crippen molar-refractivity contribution in [1.29, 1.82) is 0 Å². The summed E-state index contributed by atoms with van der Waals surface area (Å²) in [5.41, 5.74) is 6.25. The third-order valence-corrected chi connectivity index (χ3v) is 4.75. The van der Waals surface area contributed by atoms with Crippen LogP contribution in [0.2, 0.25) is 0 Å². The number of benzene rings is 2. The van der Waals surface area contributed by atoms with Crippen LogP contribution >= 0.6 is 0 Å². The lowest BCUT2D eigenvalue weighted by Crippen LogP contribution is -2.38. The van der Waals surface area contributed by atoms with Gasteiger partial charge in [0.15, 0.2) is 0 Å². The number of hydrazone groups is 1. The Morgan fingerprint density at radius 1 is 1.11 bits per heavy atom. The number of likely N-dealkylation sites (N-methyl/N-ethyl adjacent to an activating group) is 1. The molecule has 0 radical (unpaired) electrons. The van der Waals surface area contributed by atoms with Gasteiger partial charge in [-0.2, -0.15) is 5.10 Å². The van der Waals surface area contributed by atoms with Crippen LogP contribution < -0.4 is 10.2 Å². The van der Waals surface area contributed by atoms with Crippen LogP contribution in [0.4, 0.5) is 0 Å². The molecule has 1 N–H and O–H groups in total. The molecule has 6 heteroatoms. The lowest BCUT2D eigenvalue weighted by molar-refractivity contribution is 0.313. The highest BCUT2D eigenvalue weighted by atomic mass is 16.5. The molecule has 0 saturated heterocycles. The summed E-state index contributed by atoms with van der Waals surface area (Å²) in [6, 6.07) is 18.1. The maximum atomic E-state index is 5.86. The highest BCUT2D eigenvalue weighted by Gasteiger charge is 2.18. The number of rotatable bonds is 8. The van der Waals surface area contributed by atoms with Crippen molar-refractivity contribution in [2.45, 2.75) is 25.9 Å². The Hall–Kier alpha value is -3.28. The first-order valence-corrected chi connectivity index (χ1v) is 9.58. The normalized spacial score (nSPS) is 15.6. The molecule has 144 valence electrons. The van der Waals surface area contributed by atoms with Crippen molar-refractivity contribution >= 4 is 6.34 Å². The van der Waals surface area contributed by atoms with Gasteiger partial charge in [0.25, 0.3) is 0 Å². The van der Waals surface area contributed by atoms with Gasteiger partial charge in [-0.1, -0.05) is 30.3 Å². The van der Waals surface area contributed by atoms with Gasteiger partial charge in [-0.15, -0.1) is 0 Å². The summed E-state index contributed by atoms with van der Waals surface area (Å²) in [6.07, 6.45) is 5.38. The Kier molecular flexibility index (Phi) is 5.56. The number of ether oxygens (including phenoxy) is 1. The standard InChI is InChI=1S/C22H24N4O2/c1-2-26-16-23-25-21(26)14-17-8-10-20(11-9-17)27-13-12-19-15-28-22(24-19)18-6-4-3-5-7-18/h3-11,15-16,21,25H,2,12-14H2,1H3. The average molecular weight is 376 g/mol. The Morgan fingerprint density at radius 2 is 1.93 bits per heavy atom. The predicted molar refractivity (Wildman–Crippen MR) is 109 cm³/mol. The minimum Gasteiger partial charge on any atom is -0.493 e. The van der Waals surface area contributed by atoms with E-state index in [2.05, 4.69) is 39.5 Å². The second-order valence-electron chi connectivity index (χ2n) is 6.68. The van der Waals surface area contributed by atoms with Crippen molar-refractivity contribution in [2.24, 2.45) is 5.10 Å². The minimum atomic E-state index is 0.225. The van der Waals surface area contributed by atoms with Crippen LogP contribution in [0.15, 0.2) is 70.4 Å². The van der Waals surface area contributed by atoms with Crippen LogP contribution in [0.25, 0.3) is 11.5 Å². The quantitative estimate of drug-likeness (QED) is 0.649. The average Bonchev–Trinajstić information content (AvgIpc) is 3.39. The van der Waals surface area contributed by atoms with Crippen LogP contribution in [-0.4, -0.2) is 35.5 Å². The molecule has 4 rings (SSSR count). The van der Waals surface area contributed by atoms with E-state index < -0.39 is 0 Å². The monoisotopic (exact) mass is 376 g/mol. The summed E-state index contributed by atoms with van der Waals surface area (Å²) < 4.78 is 11.4. The molecule has 2 aromatic carbocycles. The number of aromatic nitrogens is 1. The first kappa shape index (κ1) is 18.1. The van der Waals surface area contributed by atoms with Gasteiger partial charge in [-0.3, -0.25) is 5.43 Å². The van der Waals surface area contributed by atoms with E-state index in [4.69, 9.17) is 9.15 Å². The van der Waals surface area contributed by atoms with Crippen LogP contribution in [0, 0.1) is 0 Å². The molecular formula is C22H24N4O2. The van der Waals surface area contributed by atoms with Crippen LogP contribution in [0.1, 0.15) is 18.2 Å². The molecule has 1 unspecified atom stereocenters. The van der Waals surface area contributed by atoms with Crippen molar-refractivity contribution in [1.82, 2.24) is 15.3 Å². The van der Waals surface area contributed by atoms with Gasteiger partial charge in [0, 0.05) is 24.9 Å². The van der Waals surface area contributed by atoms with E-state index >= 15 is 0 Å². The summed E-state index contributed by atoms with van der Waals surface area (Å²) in [7, 11) is 0. The first-order valence-electron chi connectivity index (χ1n) is 9.58. The fourth-order valence-corrected chi connectivity index (χ4v) is 3.17. The Morgan fingerprint density at radius 3 is 2.71 bits per heavy atom. The smallest absolute Gasteiger partial charge is 0.226 e. The predicted octanol–water partition coefficient (Wildman–Crippen LogP) is 3.70. The Labute approximate surface area is 164 Å². The third kappa shape index (κ3) is 4.34. The molecule has 0 saturated carbocycles. The molecule has 0 amide bonds. The molecule has 1 atom stereocenters. The zero-order chi connectivity index (χ0) is 19.2. The number of hydrogen-bond acceptors (Lipinski definition) is 6. The van der Waals surface area contributed by atoms with Crippen molar-refractivity contribution in [3.8, 4) is 17.2 Å². The molecule has 1 aliphatic heterocycles. The van der Waals surface area contributed by atoms with Crippen LogP contribution in [0.5, 0.6) is 5.75 Å². The van der Waals surface area contributed by atoms with Gasteiger partial charge < -0.3 is 14.1 Å². The number of nitrogens with one attached hydrogen (secondary N) is 1. The van der Waals surface area contributed by atoms with Crippen LogP contribution in [0.3, 0.4) is 0 Å². The van der Waals surface area contributed by atoms with Crippen LogP contribution in [-0.2, 0) is 12.8 Å². The Bertz CT molecular complexity index is 906. The molecule has 6 nitrogen and oxygen atoms in total. The molecule has 0 aliphatic carbocycles. The lowest BCUT2D eigenvalue weighted by atomic mass is 10.1. The van der Waals surface area contributed by atoms with Crippen molar-refractivity contribution in [3.63, 3.8) is 0 Å². The molecule has 0 bridgehead atoms. The van der Waals surface area contributed by atoms with Gasteiger partial charge in [-0.05, 0) is 36.8 Å². The number of hydrogen-bond donors (Lipinski definition) is 1. The zero-order valence-corrected chi connectivity index (χ0v) is 15.9. The van der Waals surface area contributed by atoms with E-state index in [0.29, 0.717) is 18.9 Å².